The minimum Gasteiger partial charge on any atom is -0.294 e. The van der Waals surface area contributed by atoms with Crippen LogP contribution in [0.3, 0.4) is 0 Å². The highest BCUT2D eigenvalue weighted by atomic mass is 31.2. The van der Waals surface area contributed by atoms with Crippen LogP contribution in [-0.4, -0.2) is 28.0 Å². The molecule has 4 nitrogen and oxygen atoms in total. The summed E-state index contributed by atoms with van der Waals surface area (Å²) in [7, 11) is -3.32. The predicted molar refractivity (Wildman–Crippen MR) is 83.9 cm³/mol. The van der Waals surface area contributed by atoms with Crippen LogP contribution in [0.4, 0.5) is 0 Å². The van der Waals surface area contributed by atoms with E-state index in [1.165, 1.54) is 0 Å². The molecule has 0 aromatic rings. The summed E-state index contributed by atoms with van der Waals surface area (Å²) in [4.78, 5) is 0. The average Bonchev–Trinajstić information content (AvgIpc) is 2.09. The first kappa shape index (κ1) is 18.2. The molecule has 1 fully saturated rings. The zero-order chi connectivity index (χ0) is 15.8. The van der Waals surface area contributed by atoms with Gasteiger partial charge in [-0.1, -0.05) is 0 Å². The second kappa shape index (κ2) is 6.08. The summed E-state index contributed by atoms with van der Waals surface area (Å²) in [5.41, 5.74) is -0.387. The van der Waals surface area contributed by atoms with Crippen molar-refractivity contribution in [1.29, 1.82) is 0 Å². The molecule has 1 aliphatic heterocycles. The molecule has 0 radical (unpaired) electrons. The number of piperidine rings is 1. The summed E-state index contributed by atoms with van der Waals surface area (Å²) in [5, 5.41) is 0. The molecule has 0 bridgehead atoms. The molecular weight excluding hydrogens is 273 g/mol. The first-order valence-corrected chi connectivity index (χ1v) is 9.18. The highest BCUT2D eigenvalue weighted by molar-refractivity contribution is 7.51. The summed E-state index contributed by atoms with van der Waals surface area (Å²) >= 11 is 0. The largest absolute Gasteiger partial charge is 0.409 e. The van der Waals surface area contributed by atoms with Gasteiger partial charge in [-0.15, -0.1) is 0 Å². The van der Waals surface area contributed by atoms with E-state index in [2.05, 4.69) is 27.7 Å². The summed E-state index contributed by atoms with van der Waals surface area (Å²) < 4.78 is 27.1. The van der Waals surface area contributed by atoms with E-state index in [9.17, 15) is 4.57 Å². The van der Waals surface area contributed by atoms with Gasteiger partial charge in [0.2, 0.25) is 0 Å². The second-order valence-electron chi connectivity index (χ2n) is 7.57. The Morgan fingerprint density at radius 1 is 0.900 bits per heavy atom. The normalized spacial score (nSPS) is 23.5. The third kappa shape index (κ3) is 4.07. The standard InChI is InChI=1S/C15H32NO3P/c1-12(2)18-20(17,19-13(3)4)16-14(5,6)10-9-11-15(16,7)8/h12-13H,9-11H2,1-8H3. The van der Waals surface area contributed by atoms with E-state index < -0.39 is 7.75 Å². The monoisotopic (exact) mass is 305 g/mol. The van der Waals surface area contributed by atoms with E-state index in [0.29, 0.717) is 0 Å². The molecule has 0 N–H and O–H groups in total. The van der Waals surface area contributed by atoms with Crippen molar-refractivity contribution >= 4 is 7.75 Å². The van der Waals surface area contributed by atoms with Gasteiger partial charge in [-0.3, -0.25) is 9.05 Å². The molecule has 5 heteroatoms. The smallest absolute Gasteiger partial charge is 0.294 e. The lowest BCUT2D eigenvalue weighted by Crippen LogP contribution is -2.57. The zero-order valence-electron chi connectivity index (χ0n) is 14.4. The van der Waals surface area contributed by atoms with Crippen LogP contribution in [0.1, 0.15) is 74.7 Å². The third-order valence-electron chi connectivity index (χ3n) is 3.66. The van der Waals surface area contributed by atoms with E-state index in [4.69, 9.17) is 9.05 Å². The van der Waals surface area contributed by atoms with Crippen LogP contribution >= 0.6 is 7.75 Å². The first-order valence-electron chi connectivity index (χ1n) is 7.68. The molecule has 0 saturated carbocycles. The van der Waals surface area contributed by atoms with Gasteiger partial charge in [0.1, 0.15) is 0 Å². The van der Waals surface area contributed by atoms with Crippen LogP contribution in [0, 0.1) is 0 Å². The molecule has 0 aliphatic carbocycles. The van der Waals surface area contributed by atoms with Crippen molar-refractivity contribution in [2.24, 2.45) is 0 Å². The lowest BCUT2D eigenvalue weighted by Gasteiger charge is -2.54. The Bertz CT molecular complexity index is 347. The van der Waals surface area contributed by atoms with Gasteiger partial charge in [-0.2, -0.15) is 4.67 Å². The summed E-state index contributed by atoms with van der Waals surface area (Å²) in [5.74, 6) is 0. The molecule has 1 heterocycles. The van der Waals surface area contributed by atoms with Gasteiger partial charge >= 0.3 is 7.75 Å². The van der Waals surface area contributed by atoms with Crippen LogP contribution in [0.25, 0.3) is 0 Å². The topological polar surface area (TPSA) is 38.8 Å². The van der Waals surface area contributed by atoms with E-state index in [1.807, 2.05) is 32.4 Å². The second-order valence-corrected chi connectivity index (χ2v) is 9.33. The molecule has 20 heavy (non-hydrogen) atoms. The number of nitrogens with zero attached hydrogens (tertiary/aromatic N) is 1. The molecule has 120 valence electrons. The summed E-state index contributed by atoms with van der Waals surface area (Å²) in [6, 6.07) is 0. The Hall–Kier alpha value is 0.110. The molecule has 0 aromatic carbocycles. The van der Waals surface area contributed by atoms with Crippen LogP contribution in [0.15, 0.2) is 0 Å². The summed E-state index contributed by atoms with van der Waals surface area (Å²) in [6.45, 7) is 16.1. The van der Waals surface area contributed by atoms with E-state index in [0.717, 1.165) is 19.3 Å². The SMILES string of the molecule is CC(C)OP(=O)(OC(C)C)N1C(C)(C)CCCC1(C)C. The van der Waals surface area contributed by atoms with Crippen molar-refractivity contribution in [2.75, 3.05) is 0 Å². The lowest BCUT2D eigenvalue weighted by molar-refractivity contribution is -0.00268. The summed E-state index contributed by atoms with van der Waals surface area (Å²) in [6.07, 6.45) is 2.88. The van der Waals surface area contributed by atoms with Gasteiger partial charge in [0.05, 0.1) is 12.2 Å². The highest BCUT2D eigenvalue weighted by Gasteiger charge is 2.53. The molecule has 0 spiro atoms. The van der Waals surface area contributed by atoms with Crippen LogP contribution < -0.4 is 0 Å². The molecule has 0 atom stereocenters. The van der Waals surface area contributed by atoms with Crippen LogP contribution in [0.5, 0.6) is 0 Å². The van der Waals surface area contributed by atoms with Gasteiger partial charge in [0, 0.05) is 11.1 Å². The van der Waals surface area contributed by atoms with Crippen molar-refractivity contribution in [2.45, 2.75) is 97.9 Å². The Labute approximate surface area is 124 Å². The van der Waals surface area contributed by atoms with E-state index in [1.54, 1.807) is 0 Å². The van der Waals surface area contributed by atoms with Crippen molar-refractivity contribution < 1.29 is 13.6 Å². The van der Waals surface area contributed by atoms with Crippen molar-refractivity contribution in [3.63, 3.8) is 0 Å². The van der Waals surface area contributed by atoms with Gasteiger partial charge in [-0.25, -0.2) is 4.57 Å². The van der Waals surface area contributed by atoms with E-state index >= 15 is 0 Å². The third-order valence-corrected chi connectivity index (χ3v) is 6.61. The quantitative estimate of drug-likeness (QED) is 0.671. The number of hydrogen-bond acceptors (Lipinski definition) is 3. The van der Waals surface area contributed by atoms with Crippen molar-refractivity contribution in [3.05, 3.63) is 0 Å². The fourth-order valence-electron chi connectivity index (χ4n) is 3.30. The predicted octanol–water partition coefficient (Wildman–Crippen LogP) is 4.99. The lowest BCUT2D eigenvalue weighted by atomic mass is 9.83. The van der Waals surface area contributed by atoms with Crippen LogP contribution in [-0.2, 0) is 13.6 Å². The van der Waals surface area contributed by atoms with Crippen molar-refractivity contribution in [3.8, 4) is 0 Å². The number of hydrogen-bond donors (Lipinski definition) is 0. The van der Waals surface area contributed by atoms with Crippen LogP contribution in [0.2, 0.25) is 0 Å². The maximum atomic E-state index is 13.5. The molecule has 1 rings (SSSR count). The van der Waals surface area contributed by atoms with Gasteiger partial charge in [0.25, 0.3) is 0 Å². The first-order chi connectivity index (χ1) is 8.91. The minimum absolute atomic E-state index is 0.131. The molecule has 0 unspecified atom stereocenters. The Morgan fingerprint density at radius 2 is 1.25 bits per heavy atom. The Balaban J connectivity index is 3.24. The fraction of sp³-hybridized carbons (Fsp3) is 1.00. The maximum Gasteiger partial charge on any atom is 0.409 e. The zero-order valence-corrected chi connectivity index (χ0v) is 15.3. The van der Waals surface area contributed by atoms with Gasteiger partial charge in [-0.05, 0) is 74.7 Å². The van der Waals surface area contributed by atoms with Crippen molar-refractivity contribution in [1.82, 2.24) is 4.67 Å². The fourth-order valence-corrected chi connectivity index (χ4v) is 6.13. The average molecular weight is 305 g/mol. The van der Waals surface area contributed by atoms with E-state index in [-0.39, 0.29) is 23.3 Å². The Morgan fingerprint density at radius 3 is 1.55 bits per heavy atom. The molecule has 0 amide bonds. The molecule has 1 saturated heterocycles. The highest BCUT2D eigenvalue weighted by Crippen LogP contribution is 2.63. The number of rotatable bonds is 5. The molecule has 1 aliphatic rings. The maximum absolute atomic E-state index is 13.5. The van der Waals surface area contributed by atoms with Gasteiger partial charge < -0.3 is 0 Å². The molecule has 0 aromatic heterocycles. The minimum atomic E-state index is -3.32. The molecular formula is C15H32NO3P. The Kier molecular flexibility index (Phi) is 5.52. The van der Waals surface area contributed by atoms with Gasteiger partial charge in [0.15, 0.2) is 0 Å².